The van der Waals surface area contributed by atoms with Gasteiger partial charge >= 0.3 is 0 Å². The number of nitrogens with zero attached hydrogens (tertiary/aromatic N) is 1. The van der Waals surface area contributed by atoms with Crippen LogP contribution in [0.15, 0.2) is 36.4 Å². The van der Waals surface area contributed by atoms with Crippen molar-refractivity contribution >= 4 is 17.5 Å². The van der Waals surface area contributed by atoms with Crippen LogP contribution in [0, 0.1) is 6.92 Å². The van der Waals surface area contributed by atoms with Gasteiger partial charge in [0, 0.05) is 6.54 Å². The molecule has 1 aromatic carbocycles. The lowest BCUT2D eigenvalue weighted by molar-refractivity contribution is 0.0946. The van der Waals surface area contributed by atoms with Gasteiger partial charge in [-0.05, 0) is 24.1 Å². The van der Waals surface area contributed by atoms with Crippen LogP contribution in [-0.4, -0.2) is 18.0 Å². The topological polar surface area (TPSA) is 51.2 Å². The number of hydrogen-bond donors (Lipinski definition) is 1. The van der Waals surface area contributed by atoms with Crippen molar-refractivity contribution in [2.45, 2.75) is 13.5 Å². The predicted octanol–water partition coefficient (Wildman–Crippen LogP) is 2.98. The maximum atomic E-state index is 12.3. The lowest BCUT2D eigenvalue weighted by Gasteiger charge is -2.11. The molecule has 0 aliphatic rings. The third-order valence-corrected chi connectivity index (χ3v) is 3.06. The van der Waals surface area contributed by atoms with Crippen LogP contribution in [0.5, 0.6) is 5.88 Å². The number of halogens is 1. The number of methoxy groups -OCH3 is 1. The molecule has 0 aliphatic carbocycles. The highest BCUT2D eigenvalue weighted by molar-refractivity contribution is 6.29. The van der Waals surface area contributed by atoms with Gasteiger partial charge in [-0.1, -0.05) is 41.9 Å². The summed E-state index contributed by atoms with van der Waals surface area (Å²) >= 11 is 5.86. The Balaban J connectivity index is 2.17. The number of amides is 1. The molecule has 0 radical (unpaired) electrons. The molecular weight excluding hydrogens is 276 g/mol. The van der Waals surface area contributed by atoms with E-state index in [-0.39, 0.29) is 11.8 Å². The van der Waals surface area contributed by atoms with E-state index in [9.17, 15) is 4.79 Å². The minimum atomic E-state index is -0.229. The highest BCUT2D eigenvalue weighted by Gasteiger charge is 2.17. The van der Waals surface area contributed by atoms with Gasteiger partial charge in [-0.25, -0.2) is 4.98 Å². The van der Waals surface area contributed by atoms with E-state index in [2.05, 4.69) is 10.3 Å². The van der Waals surface area contributed by atoms with E-state index in [0.717, 1.165) is 11.1 Å². The molecule has 2 aromatic rings. The molecule has 2 rings (SSSR count). The fourth-order valence-electron chi connectivity index (χ4n) is 1.90. The highest BCUT2D eigenvalue weighted by Crippen LogP contribution is 2.23. The third kappa shape index (κ3) is 3.27. The first-order valence-electron chi connectivity index (χ1n) is 6.15. The Bertz CT molecular complexity index is 615. The smallest absolute Gasteiger partial charge is 0.257 e. The van der Waals surface area contributed by atoms with Gasteiger partial charge in [0.15, 0.2) is 0 Å². The Morgan fingerprint density at radius 2 is 2.05 bits per heavy atom. The number of aryl methyl sites for hydroxylation is 1. The average Bonchev–Trinajstić information content (AvgIpc) is 2.45. The molecule has 4 nitrogen and oxygen atoms in total. The predicted molar refractivity (Wildman–Crippen MR) is 78.1 cm³/mol. The van der Waals surface area contributed by atoms with E-state index in [1.165, 1.54) is 7.11 Å². The second kappa shape index (κ2) is 6.39. The van der Waals surface area contributed by atoms with Crippen LogP contribution < -0.4 is 10.1 Å². The summed E-state index contributed by atoms with van der Waals surface area (Å²) in [7, 11) is 1.46. The molecule has 1 heterocycles. The maximum absolute atomic E-state index is 12.3. The van der Waals surface area contributed by atoms with Crippen molar-refractivity contribution in [3.8, 4) is 5.88 Å². The highest BCUT2D eigenvalue weighted by atomic mass is 35.5. The van der Waals surface area contributed by atoms with Gasteiger partial charge in [-0.15, -0.1) is 0 Å². The molecule has 0 bridgehead atoms. The number of carbonyl (C=O) groups excluding carboxylic acids is 1. The lowest BCUT2D eigenvalue weighted by Crippen LogP contribution is -2.24. The lowest BCUT2D eigenvalue weighted by atomic mass is 10.1. The SMILES string of the molecule is COc1nc(Cl)cc(C)c1C(=O)NCc1ccccc1. The number of benzene rings is 1. The monoisotopic (exact) mass is 290 g/mol. The van der Waals surface area contributed by atoms with Crippen molar-refractivity contribution in [3.05, 3.63) is 58.2 Å². The van der Waals surface area contributed by atoms with Crippen LogP contribution in [-0.2, 0) is 6.54 Å². The molecule has 104 valence electrons. The van der Waals surface area contributed by atoms with E-state index in [4.69, 9.17) is 16.3 Å². The fourth-order valence-corrected chi connectivity index (χ4v) is 2.14. The molecule has 0 unspecified atom stereocenters. The molecular formula is C15H15ClN2O2. The van der Waals surface area contributed by atoms with E-state index < -0.39 is 0 Å². The zero-order chi connectivity index (χ0) is 14.5. The van der Waals surface area contributed by atoms with Crippen LogP contribution in [0.1, 0.15) is 21.5 Å². The molecule has 20 heavy (non-hydrogen) atoms. The fraction of sp³-hybridized carbons (Fsp3) is 0.200. The van der Waals surface area contributed by atoms with Gasteiger partial charge in [-0.2, -0.15) is 0 Å². The van der Waals surface area contributed by atoms with Crippen LogP contribution in [0.2, 0.25) is 5.15 Å². The molecule has 0 spiro atoms. The molecule has 0 saturated carbocycles. The van der Waals surface area contributed by atoms with E-state index >= 15 is 0 Å². The molecule has 0 aliphatic heterocycles. The number of hydrogen-bond acceptors (Lipinski definition) is 3. The second-order valence-electron chi connectivity index (χ2n) is 4.31. The van der Waals surface area contributed by atoms with Gasteiger partial charge in [0.05, 0.1) is 7.11 Å². The Morgan fingerprint density at radius 3 is 2.70 bits per heavy atom. The molecule has 0 saturated heterocycles. The Labute approximate surface area is 122 Å². The normalized spacial score (nSPS) is 10.2. The minimum Gasteiger partial charge on any atom is -0.480 e. The number of aromatic nitrogens is 1. The van der Waals surface area contributed by atoms with Gasteiger partial charge in [0.1, 0.15) is 10.7 Å². The molecule has 0 atom stereocenters. The zero-order valence-corrected chi connectivity index (χ0v) is 12.1. The number of carbonyl (C=O) groups is 1. The van der Waals surface area contributed by atoms with Crippen molar-refractivity contribution < 1.29 is 9.53 Å². The third-order valence-electron chi connectivity index (χ3n) is 2.87. The number of pyridine rings is 1. The van der Waals surface area contributed by atoms with Gasteiger partial charge < -0.3 is 10.1 Å². The first-order valence-corrected chi connectivity index (χ1v) is 6.53. The second-order valence-corrected chi connectivity index (χ2v) is 4.70. The van der Waals surface area contributed by atoms with Crippen molar-refractivity contribution in [2.24, 2.45) is 0 Å². The summed E-state index contributed by atoms with van der Waals surface area (Å²) in [4.78, 5) is 16.3. The van der Waals surface area contributed by atoms with Gasteiger partial charge in [-0.3, -0.25) is 4.79 Å². The quantitative estimate of drug-likeness (QED) is 0.881. The van der Waals surface area contributed by atoms with Crippen LogP contribution in [0.25, 0.3) is 0 Å². The standard InChI is InChI=1S/C15H15ClN2O2/c1-10-8-12(16)18-15(20-2)13(10)14(19)17-9-11-6-4-3-5-7-11/h3-8H,9H2,1-2H3,(H,17,19). The Morgan fingerprint density at radius 1 is 1.35 bits per heavy atom. The van der Waals surface area contributed by atoms with Gasteiger partial charge in [0.25, 0.3) is 5.91 Å². The number of nitrogens with one attached hydrogen (secondary N) is 1. The summed E-state index contributed by atoms with van der Waals surface area (Å²) in [5.41, 5.74) is 2.17. The average molecular weight is 291 g/mol. The number of ether oxygens (including phenoxy) is 1. The minimum absolute atomic E-state index is 0.229. The summed E-state index contributed by atoms with van der Waals surface area (Å²) < 4.78 is 5.12. The number of rotatable bonds is 4. The Kier molecular flexibility index (Phi) is 4.58. The van der Waals surface area contributed by atoms with Crippen LogP contribution >= 0.6 is 11.6 Å². The van der Waals surface area contributed by atoms with E-state index in [1.807, 2.05) is 30.3 Å². The summed E-state index contributed by atoms with van der Waals surface area (Å²) in [6, 6.07) is 11.3. The van der Waals surface area contributed by atoms with Crippen molar-refractivity contribution in [1.29, 1.82) is 0 Å². The Hall–Kier alpha value is -2.07. The van der Waals surface area contributed by atoms with Crippen molar-refractivity contribution in [1.82, 2.24) is 10.3 Å². The molecule has 0 fully saturated rings. The van der Waals surface area contributed by atoms with Crippen molar-refractivity contribution in [2.75, 3.05) is 7.11 Å². The zero-order valence-electron chi connectivity index (χ0n) is 11.3. The summed E-state index contributed by atoms with van der Waals surface area (Å²) in [5.74, 6) is 0.00734. The summed E-state index contributed by atoms with van der Waals surface area (Å²) in [6.07, 6.45) is 0. The van der Waals surface area contributed by atoms with Crippen molar-refractivity contribution in [3.63, 3.8) is 0 Å². The van der Waals surface area contributed by atoms with E-state index in [0.29, 0.717) is 17.3 Å². The van der Waals surface area contributed by atoms with E-state index in [1.54, 1.807) is 13.0 Å². The molecule has 1 aromatic heterocycles. The first-order chi connectivity index (χ1) is 9.61. The molecule has 1 amide bonds. The maximum Gasteiger partial charge on any atom is 0.257 e. The van der Waals surface area contributed by atoms with Crippen LogP contribution in [0.4, 0.5) is 0 Å². The van der Waals surface area contributed by atoms with Crippen LogP contribution in [0.3, 0.4) is 0 Å². The summed E-state index contributed by atoms with van der Waals surface area (Å²) in [6.45, 7) is 2.25. The first kappa shape index (κ1) is 14.3. The van der Waals surface area contributed by atoms with Gasteiger partial charge in [0.2, 0.25) is 5.88 Å². The molecule has 5 heteroatoms. The largest absolute Gasteiger partial charge is 0.480 e. The summed E-state index contributed by atoms with van der Waals surface area (Å²) in [5, 5.41) is 3.15. The molecule has 1 N–H and O–H groups in total.